The van der Waals surface area contributed by atoms with Gasteiger partial charge in [-0.2, -0.15) is 0 Å². The number of para-hydroxylation sites is 1. The second kappa shape index (κ2) is 6.82. The summed E-state index contributed by atoms with van der Waals surface area (Å²) in [5.41, 5.74) is 8.17. The van der Waals surface area contributed by atoms with Gasteiger partial charge in [-0.1, -0.05) is 38.1 Å². The summed E-state index contributed by atoms with van der Waals surface area (Å²) in [5.74, 6) is 2.19. The Balaban J connectivity index is 2.40. The third-order valence-corrected chi connectivity index (χ3v) is 4.10. The molecule has 0 aliphatic rings. The van der Waals surface area contributed by atoms with Crippen molar-refractivity contribution in [3.8, 4) is 11.5 Å². The van der Waals surface area contributed by atoms with E-state index in [1.54, 1.807) is 11.8 Å². The third kappa shape index (κ3) is 3.17. The standard InChI is InChI=1S/C17H21NOS/c1-12(2)13-7-4-5-8-15(13)19-16-9-6-10-17(20-3)14(16)11-18/h4-10,12H,11,18H2,1-3H3. The summed E-state index contributed by atoms with van der Waals surface area (Å²) in [7, 11) is 0. The Hall–Kier alpha value is -1.45. The zero-order chi connectivity index (χ0) is 14.5. The van der Waals surface area contributed by atoms with Crippen LogP contribution in [0.25, 0.3) is 0 Å². The van der Waals surface area contributed by atoms with E-state index in [2.05, 4.69) is 32.2 Å². The zero-order valence-corrected chi connectivity index (χ0v) is 13.0. The van der Waals surface area contributed by atoms with Gasteiger partial charge >= 0.3 is 0 Å². The van der Waals surface area contributed by atoms with Gasteiger partial charge in [0, 0.05) is 17.0 Å². The lowest BCUT2D eigenvalue weighted by molar-refractivity contribution is 0.465. The van der Waals surface area contributed by atoms with Gasteiger partial charge in [0.25, 0.3) is 0 Å². The molecule has 2 aromatic carbocycles. The molecule has 0 atom stereocenters. The van der Waals surface area contributed by atoms with Crippen molar-refractivity contribution in [2.75, 3.05) is 6.26 Å². The summed E-state index contributed by atoms with van der Waals surface area (Å²) in [6.45, 7) is 4.82. The van der Waals surface area contributed by atoms with Crippen molar-refractivity contribution in [1.82, 2.24) is 0 Å². The van der Waals surface area contributed by atoms with Crippen LogP contribution >= 0.6 is 11.8 Å². The van der Waals surface area contributed by atoms with Crippen molar-refractivity contribution in [2.24, 2.45) is 5.73 Å². The van der Waals surface area contributed by atoms with E-state index in [1.165, 1.54) is 10.5 Å². The number of ether oxygens (including phenoxy) is 1. The van der Waals surface area contributed by atoms with Gasteiger partial charge in [0.05, 0.1) is 0 Å². The number of hydrogen-bond donors (Lipinski definition) is 1. The second-order valence-corrected chi connectivity index (χ2v) is 5.78. The highest BCUT2D eigenvalue weighted by atomic mass is 32.2. The molecule has 0 aliphatic carbocycles. The first-order valence-electron chi connectivity index (χ1n) is 6.80. The van der Waals surface area contributed by atoms with Crippen molar-refractivity contribution < 1.29 is 4.74 Å². The zero-order valence-electron chi connectivity index (χ0n) is 12.2. The molecule has 0 unspecified atom stereocenters. The summed E-state index contributed by atoms with van der Waals surface area (Å²) in [5, 5.41) is 0. The summed E-state index contributed by atoms with van der Waals surface area (Å²) >= 11 is 1.70. The first-order chi connectivity index (χ1) is 9.67. The van der Waals surface area contributed by atoms with Gasteiger partial charge in [-0.05, 0) is 35.9 Å². The van der Waals surface area contributed by atoms with Gasteiger partial charge in [-0.25, -0.2) is 0 Å². The maximum atomic E-state index is 6.14. The molecule has 0 spiro atoms. The fraction of sp³-hybridized carbons (Fsp3) is 0.294. The summed E-state index contributed by atoms with van der Waals surface area (Å²) in [4.78, 5) is 1.17. The van der Waals surface area contributed by atoms with Crippen LogP contribution in [0.15, 0.2) is 47.4 Å². The minimum atomic E-state index is 0.427. The van der Waals surface area contributed by atoms with Crippen LogP contribution in [0.1, 0.15) is 30.9 Å². The summed E-state index contributed by atoms with van der Waals surface area (Å²) in [6.07, 6.45) is 2.06. The predicted octanol–water partition coefficient (Wildman–Crippen LogP) is 4.78. The van der Waals surface area contributed by atoms with Gasteiger partial charge in [0.15, 0.2) is 0 Å². The van der Waals surface area contributed by atoms with Crippen LogP contribution in [0, 0.1) is 0 Å². The molecule has 0 saturated carbocycles. The lowest BCUT2D eigenvalue weighted by atomic mass is 10.0. The van der Waals surface area contributed by atoms with E-state index >= 15 is 0 Å². The van der Waals surface area contributed by atoms with Crippen molar-refractivity contribution in [1.29, 1.82) is 0 Å². The topological polar surface area (TPSA) is 35.2 Å². The highest BCUT2D eigenvalue weighted by Gasteiger charge is 2.12. The Bertz CT molecular complexity index is 581. The van der Waals surface area contributed by atoms with Crippen LogP contribution in [-0.4, -0.2) is 6.26 Å². The third-order valence-electron chi connectivity index (χ3n) is 3.28. The molecule has 0 radical (unpaired) electrons. The normalized spacial score (nSPS) is 10.8. The number of hydrogen-bond acceptors (Lipinski definition) is 3. The molecular formula is C17H21NOS. The molecule has 2 rings (SSSR count). The molecule has 106 valence electrons. The number of thioether (sulfide) groups is 1. The fourth-order valence-electron chi connectivity index (χ4n) is 2.20. The number of benzene rings is 2. The highest BCUT2D eigenvalue weighted by molar-refractivity contribution is 7.98. The minimum Gasteiger partial charge on any atom is -0.457 e. The molecule has 2 nitrogen and oxygen atoms in total. The van der Waals surface area contributed by atoms with Gasteiger partial charge in [0.2, 0.25) is 0 Å². The summed E-state index contributed by atoms with van der Waals surface area (Å²) < 4.78 is 6.14. The van der Waals surface area contributed by atoms with Gasteiger partial charge in [0.1, 0.15) is 11.5 Å². The van der Waals surface area contributed by atoms with E-state index in [0.717, 1.165) is 17.1 Å². The molecule has 0 aromatic heterocycles. The quantitative estimate of drug-likeness (QED) is 0.804. The molecule has 2 aromatic rings. The molecular weight excluding hydrogens is 266 g/mol. The molecule has 0 fully saturated rings. The first kappa shape index (κ1) is 14.9. The average molecular weight is 287 g/mol. The van der Waals surface area contributed by atoms with Crippen molar-refractivity contribution in [2.45, 2.75) is 31.2 Å². The maximum absolute atomic E-state index is 6.14. The lowest BCUT2D eigenvalue weighted by Gasteiger charge is -2.17. The van der Waals surface area contributed by atoms with Crippen molar-refractivity contribution in [3.05, 3.63) is 53.6 Å². The van der Waals surface area contributed by atoms with Crippen LogP contribution in [0.3, 0.4) is 0 Å². The van der Waals surface area contributed by atoms with E-state index in [9.17, 15) is 0 Å². The van der Waals surface area contributed by atoms with Crippen molar-refractivity contribution in [3.63, 3.8) is 0 Å². The molecule has 0 bridgehead atoms. The van der Waals surface area contributed by atoms with E-state index in [-0.39, 0.29) is 0 Å². The average Bonchev–Trinajstić information content (AvgIpc) is 2.47. The molecule has 0 saturated heterocycles. The molecule has 0 amide bonds. The second-order valence-electron chi connectivity index (χ2n) is 4.94. The number of rotatable bonds is 5. The largest absolute Gasteiger partial charge is 0.457 e. The van der Waals surface area contributed by atoms with Crippen LogP contribution in [-0.2, 0) is 6.54 Å². The minimum absolute atomic E-state index is 0.427. The van der Waals surface area contributed by atoms with Gasteiger partial charge < -0.3 is 10.5 Å². The monoisotopic (exact) mass is 287 g/mol. The Morgan fingerprint density at radius 1 is 1.05 bits per heavy atom. The molecule has 20 heavy (non-hydrogen) atoms. The van der Waals surface area contributed by atoms with Crippen LogP contribution in [0.4, 0.5) is 0 Å². The highest BCUT2D eigenvalue weighted by Crippen LogP contribution is 2.35. The molecule has 3 heteroatoms. The Kier molecular flexibility index (Phi) is 5.10. The molecule has 2 N–H and O–H groups in total. The Morgan fingerprint density at radius 2 is 1.75 bits per heavy atom. The Morgan fingerprint density at radius 3 is 2.40 bits per heavy atom. The lowest BCUT2D eigenvalue weighted by Crippen LogP contribution is -2.02. The first-order valence-corrected chi connectivity index (χ1v) is 8.02. The van der Waals surface area contributed by atoms with E-state index < -0.39 is 0 Å². The van der Waals surface area contributed by atoms with Gasteiger partial charge in [-0.3, -0.25) is 0 Å². The smallest absolute Gasteiger partial charge is 0.133 e. The van der Waals surface area contributed by atoms with Crippen LogP contribution < -0.4 is 10.5 Å². The van der Waals surface area contributed by atoms with E-state index in [4.69, 9.17) is 10.5 Å². The SMILES string of the molecule is CSc1cccc(Oc2ccccc2C(C)C)c1CN. The molecule has 0 heterocycles. The van der Waals surface area contributed by atoms with E-state index in [1.807, 2.05) is 30.3 Å². The fourth-order valence-corrected chi connectivity index (χ4v) is 2.85. The van der Waals surface area contributed by atoms with Gasteiger partial charge in [-0.15, -0.1) is 11.8 Å². The van der Waals surface area contributed by atoms with Crippen LogP contribution in [0.5, 0.6) is 11.5 Å². The maximum Gasteiger partial charge on any atom is 0.133 e. The summed E-state index contributed by atoms with van der Waals surface area (Å²) in [6, 6.07) is 14.2. The Labute approximate surface area is 125 Å². The van der Waals surface area contributed by atoms with E-state index in [0.29, 0.717) is 12.5 Å². The van der Waals surface area contributed by atoms with Crippen molar-refractivity contribution >= 4 is 11.8 Å². The number of nitrogens with two attached hydrogens (primary N) is 1. The molecule has 0 aliphatic heterocycles. The predicted molar refractivity (Wildman–Crippen MR) is 86.7 cm³/mol. The van der Waals surface area contributed by atoms with Crippen LogP contribution in [0.2, 0.25) is 0 Å².